The Morgan fingerprint density at radius 3 is 2.76 bits per heavy atom. The van der Waals surface area contributed by atoms with E-state index in [1.807, 2.05) is 20.8 Å². The van der Waals surface area contributed by atoms with Gasteiger partial charge in [0, 0.05) is 18.0 Å². The molecule has 0 radical (unpaired) electrons. The summed E-state index contributed by atoms with van der Waals surface area (Å²) < 4.78 is 27.0. The van der Waals surface area contributed by atoms with E-state index in [1.54, 1.807) is 12.1 Å². The Labute approximate surface area is 130 Å². The average Bonchev–Trinajstić information content (AvgIpc) is 3.04. The molecule has 0 saturated carbocycles. The van der Waals surface area contributed by atoms with Crippen LogP contribution < -0.4 is 5.32 Å². The molecule has 0 aliphatic carbocycles. The Morgan fingerprint density at radius 2 is 2.19 bits per heavy atom. The lowest BCUT2D eigenvalue weighted by Crippen LogP contribution is -2.46. The molecule has 1 fully saturated rings. The predicted molar refractivity (Wildman–Crippen MR) is 83.8 cm³/mol. The number of aryl methyl sites for hydroxylation is 1. The molecule has 1 aromatic heterocycles. The van der Waals surface area contributed by atoms with Gasteiger partial charge in [-0.15, -0.1) is 11.3 Å². The Morgan fingerprint density at radius 1 is 1.48 bits per heavy atom. The smallest absolute Gasteiger partial charge is 0.253 e. The fraction of sp³-hybridized carbons (Fsp3) is 0.643. The van der Waals surface area contributed by atoms with Gasteiger partial charge in [0.05, 0.1) is 0 Å². The molecule has 1 saturated heterocycles. The van der Waals surface area contributed by atoms with Crippen molar-refractivity contribution in [3.63, 3.8) is 0 Å². The number of hydrogen-bond donors (Lipinski definition) is 1. The molecule has 1 N–H and O–H groups in total. The predicted octanol–water partition coefficient (Wildman–Crippen LogP) is 1.98. The summed E-state index contributed by atoms with van der Waals surface area (Å²) in [6.07, 6.45) is 1.32. The summed E-state index contributed by atoms with van der Waals surface area (Å²) in [5.41, 5.74) is 0. The van der Waals surface area contributed by atoms with Crippen molar-refractivity contribution >= 4 is 27.3 Å². The molecule has 1 unspecified atom stereocenters. The number of hydrogen-bond acceptors (Lipinski definition) is 4. The number of carbonyl (C=O) groups excluding carboxylic acids is 1. The minimum Gasteiger partial charge on any atom is -0.354 e. The molecule has 2 heterocycles. The van der Waals surface area contributed by atoms with Crippen LogP contribution in [0.1, 0.15) is 31.6 Å². The van der Waals surface area contributed by atoms with Crippen LogP contribution in [0.4, 0.5) is 0 Å². The number of carbonyl (C=O) groups is 1. The van der Waals surface area contributed by atoms with Crippen molar-refractivity contribution in [2.45, 2.75) is 43.9 Å². The number of amides is 1. The Balaban J connectivity index is 2.16. The SMILES string of the molecule is Cc1ccc(S(=O)(=O)N2CCCC2C(=O)NCC(C)C)s1. The number of nitrogens with zero attached hydrogens (tertiary/aromatic N) is 1. The Hall–Kier alpha value is -0.920. The standard InChI is InChI=1S/C14H22N2O3S2/c1-10(2)9-15-14(17)12-5-4-8-16(12)21(18,19)13-7-6-11(3)20-13/h6-7,10,12H,4-5,8-9H2,1-3H3,(H,15,17). The highest BCUT2D eigenvalue weighted by Crippen LogP contribution is 2.30. The van der Waals surface area contributed by atoms with Crippen molar-refractivity contribution in [2.24, 2.45) is 5.92 Å². The molecule has 7 heteroatoms. The molecule has 118 valence electrons. The highest BCUT2D eigenvalue weighted by Gasteiger charge is 2.39. The largest absolute Gasteiger partial charge is 0.354 e. The molecule has 1 atom stereocenters. The summed E-state index contributed by atoms with van der Waals surface area (Å²) in [6, 6.07) is 2.84. The first-order valence-corrected chi connectivity index (χ1v) is 9.44. The van der Waals surface area contributed by atoms with Gasteiger partial charge >= 0.3 is 0 Å². The lowest BCUT2D eigenvalue weighted by molar-refractivity contribution is -0.124. The Bertz CT molecular complexity index is 607. The molecular weight excluding hydrogens is 308 g/mol. The first-order valence-electron chi connectivity index (χ1n) is 7.18. The molecule has 1 aliphatic rings. The summed E-state index contributed by atoms with van der Waals surface area (Å²) >= 11 is 1.25. The second-order valence-corrected chi connectivity index (χ2v) is 9.18. The van der Waals surface area contributed by atoms with E-state index >= 15 is 0 Å². The molecule has 2 rings (SSSR count). The molecule has 0 bridgehead atoms. The summed E-state index contributed by atoms with van der Waals surface area (Å²) in [5, 5.41) is 2.84. The van der Waals surface area contributed by atoms with Crippen molar-refractivity contribution in [3.8, 4) is 0 Å². The summed E-state index contributed by atoms with van der Waals surface area (Å²) in [5.74, 6) is 0.165. The second kappa shape index (κ2) is 6.46. The topological polar surface area (TPSA) is 66.5 Å². The van der Waals surface area contributed by atoms with E-state index in [4.69, 9.17) is 0 Å². The zero-order valence-electron chi connectivity index (χ0n) is 12.6. The summed E-state index contributed by atoms with van der Waals surface area (Å²) in [7, 11) is -3.56. The fourth-order valence-corrected chi connectivity index (χ4v) is 5.45. The van der Waals surface area contributed by atoms with Gasteiger partial charge in [0.2, 0.25) is 5.91 Å². The quantitative estimate of drug-likeness (QED) is 0.898. The molecule has 5 nitrogen and oxygen atoms in total. The minimum absolute atomic E-state index is 0.182. The first kappa shape index (κ1) is 16.5. The van der Waals surface area contributed by atoms with Gasteiger partial charge in [-0.3, -0.25) is 4.79 Å². The maximum atomic E-state index is 12.7. The third-order valence-electron chi connectivity index (χ3n) is 3.47. The zero-order chi connectivity index (χ0) is 15.6. The van der Waals surface area contributed by atoms with E-state index in [-0.39, 0.29) is 5.91 Å². The Kier molecular flexibility index (Phi) is 5.06. The van der Waals surface area contributed by atoms with E-state index in [2.05, 4.69) is 5.32 Å². The highest BCUT2D eigenvalue weighted by atomic mass is 32.2. The normalized spacial score (nSPS) is 20.1. The maximum absolute atomic E-state index is 12.7. The molecule has 1 amide bonds. The number of thiophene rings is 1. The van der Waals surface area contributed by atoms with Gasteiger partial charge in [-0.1, -0.05) is 13.8 Å². The molecular formula is C14H22N2O3S2. The monoisotopic (exact) mass is 330 g/mol. The van der Waals surface area contributed by atoms with Crippen LogP contribution >= 0.6 is 11.3 Å². The van der Waals surface area contributed by atoms with Crippen LogP contribution in [0, 0.1) is 12.8 Å². The van der Waals surface area contributed by atoms with Crippen molar-refractivity contribution in [1.82, 2.24) is 9.62 Å². The van der Waals surface area contributed by atoms with Gasteiger partial charge < -0.3 is 5.32 Å². The third-order valence-corrected chi connectivity index (χ3v) is 6.85. The van der Waals surface area contributed by atoms with Crippen LogP contribution in [-0.2, 0) is 14.8 Å². The molecule has 1 aliphatic heterocycles. The van der Waals surface area contributed by atoms with Crippen molar-refractivity contribution < 1.29 is 13.2 Å². The summed E-state index contributed by atoms with van der Waals surface area (Å²) in [4.78, 5) is 13.2. The minimum atomic E-state index is -3.56. The van der Waals surface area contributed by atoms with Gasteiger partial charge in [-0.25, -0.2) is 8.42 Å². The molecule has 1 aromatic rings. The van der Waals surface area contributed by atoms with Gasteiger partial charge in [-0.05, 0) is 37.8 Å². The van der Waals surface area contributed by atoms with Crippen LogP contribution in [-0.4, -0.2) is 37.8 Å². The zero-order valence-corrected chi connectivity index (χ0v) is 14.3. The average molecular weight is 330 g/mol. The van der Waals surface area contributed by atoms with E-state index in [0.29, 0.717) is 29.6 Å². The number of rotatable bonds is 5. The lowest BCUT2D eigenvalue weighted by Gasteiger charge is -2.23. The van der Waals surface area contributed by atoms with Crippen molar-refractivity contribution in [2.75, 3.05) is 13.1 Å². The van der Waals surface area contributed by atoms with E-state index in [1.165, 1.54) is 15.6 Å². The van der Waals surface area contributed by atoms with Crippen LogP contribution in [0.3, 0.4) is 0 Å². The van der Waals surface area contributed by atoms with Gasteiger partial charge in [0.1, 0.15) is 10.3 Å². The van der Waals surface area contributed by atoms with E-state index in [0.717, 1.165) is 11.3 Å². The van der Waals surface area contributed by atoms with Crippen LogP contribution in [0.5, 0.6) is 0 Å². The lowest BCUT2D eigenvalue weighted by atomic mass is 10.2. The van der Waals surface area contributed by atoms with Crippen molar-refractivity contribution in [1.29, 1.82) is 0 Å². The fourth-order valence-electron chi connectivity index (χ4n) is 2.38. The third kappa shape index (κ3) is 3.64. The summed E-state index contributed by atoms with van der Waals surface area (Å²) in [6.45, 7) is 6.89. The van der Waals surface area contributed by atoms with Crippen molar-refractivity contribution in [3.05, 3.63) is 17.0 Å². The number of nitrogens with one attached hydrogen (secondary N) is 1. The van der Waals surface area contributed by atoms with Gasteiger partial charge in [0.15, 0.2) is 0 Å². The van der Waals surface area contributed by atoms with E-state index < -0.39 is 16.1 Å². The first-order chi connectivity index (χ1) is 9.82. The van der Waals surface area contributed by atoms with Gasteiger partial charge in [-0.2, -0.15) is 4.31 Å². The molecule has 21 heavy (non-hydrogen) atoms. The molecule has 0 spiro atoms. The highest BCUT2D eigenvalue weighted by molar-refractivity contribution is 7.91. The van der Waals surface area contributed by atoms with Crippen LogP contribution in [0.15, 0.2) is 16.3 Å². The van der Waals surface area contributed by atoms with Crippen LogP contribution in [0.2, 0.25) is 0 Å². The van der Waals surface area contributed by atoms with Crippen LogP contribution in [0.25, 0.3) is 0 Å². The second-order valence-electron chi connectivity index (χ2n) is 5.78. The maximum Gasteiger partial charge on any atom is 0.253 e. The van der Waals surface area contributed by atoms with E-state index in [9.17, 15) is 13.2 Å². The molecule has 0 aromatic carbocycles. The number of sulfonamides is 1. The van der Waals surface area contributed by atoms with Gasteiger partial charge in [0.25, 0.3) is 10.0 Å².